The molecule has 0 radical (unpaired) electrons. The van der Waals surface area contributed by atoms with E-state index in [2.05, 4.69) is 19.7 Å². The molecule has 0 atom stereocenters. The van der Waals surface area contributed by atoms with Crippen molar-refractivity contribution < 1.29 is 9.53 Å². The molecule has 0 unspecified atom stereocenters. The Morgan fingerprint density at radius 3 is 2.78 bits per heavy atom. The Morgan fingerprint density at radius 1 is 1.39 bits per heavy atom. The first-order valence-electron chi connectivity index (χ1n) is 5.26. The van der Waals surface area contributed by atoms with Gasteiger partial charge in [0.05, 0.1) is 19.0 Å². The van der Waals surface area contributed by atoms with E-state index < -0.39 is 5.97 Å². The summed E-state index contributed by atoms with van der Waals surface area (Å²) in [5.74, 6) is -0.575. The van der Waals surface area contributed by atoms with Crippen LogP contribution in [0.4, 0.5) is 5.82 Å². The number of nitrogens with two attached hydrogens (primary N) is 1. The monoisotopic (exact) mass is 244 g/mol. The van der Waals surface area contributed by atoms with E-state index in [-0.39, 0.29) is 11.5 Å². The van der Waals surface area contributed by atoms with E-state index in [0.29, 0.717) is 11.4 Å². The highest BCUT2D eigenvalue weighted by Crippen LogP contribution is 2.19. The molecule has 0 bridgehead atoms. The minimum Gasteiger partial charge on any atom is -0.464 e. The van der Waals surface area contributed by atoms with E-state index in [1.54, 1.807) is 6.20 Å². The highest BCUT2D eigenvalue weighted by molar-refractivity contribution is 5.92. The van der Waals surface area contributed by atoms with Gasteiger partial charge in [0, 0.05) is 6.20 Å². The molecule has 6 heteroatoms. The first-order valence-corrected chi connectivity index (χ1v) is 5.26. The van der Waals surface area contributed by atoms with Crippen LogP contribution in [0.25, 0.3) is 11.4 Å². The maximum atomic E-state index is 11.3. The molecule has 0 amide bonds. The number of esters is 1. The van der Waals surface area contributed by atoms with Crippen LogP contribution in [0.3, 0.4) is 0 Å². The van der Waals surface area contributed by atoms with Gasteiger partial charge in [0.2, 0.25) is 0 Å². The van der Waals surface area contributed by atoms with Gasteiger partial charge in [-0.3, -0.25) is 4.98 Å². The molecule has 0 saturated carbocycles. The van der Waals surface area contributed by atoms with Crippen molar-refractivity contribution in [3.8, 4) is 11.4 Å². The number of pyridine rings is 1. The van der Waals surface area contributed by atoms with E-state index in [1.165, 1.54) is 13.3 Å². The quantitative estimate of drug-likeness (QED) is 0.798. The lowest BCUT2D eigenvalue weighted by Gasteiger charge is -2.06. The van der Waals surface area contributed by atoms with Crippen molar-refractivity contribution >= 4 is 11.8 Å². The Kier molecular flexibility index (Phi) is 3.18. The van der Waals surface area contributed by atoms with Crippen LogP contribution in [0.2, 0.25) is 0 Å². The second-order valence-electron chi connectivity index (χ2n) is 3.65. The summed E-state index contributed by atoms with van der Waals surface area (Å²) < 4.78 is 4.55. The van der Waals surface area contributed by atoms with Gasteiger partial charge >= 0.3 is 5.97 Å². The smallest absolute Gasteiger partial charge is 0.360 e. The fourth-order valence-corrected chi connectivity index (χ4v) is 1.53. The number of nitrogens with zero attached hydrogens (tertiary/aromatic N) is 3. The summed E-state index contributed by atoms with van der Waals surface area (Å²) in [6.45, 7) is 1.91. The fourth-order valence-electron chi connectivity index (χ4n) is 1.53. The first-order chi connectivity index (χ1) is 8.63. The zero-order valence-electron chi connectivity index (χ0n) is 10.0. The topological polar surface area (TPSA) is 91.0 Å². The number of nitrogen functional groups attached to an aromatic ring is 1. The maximum absolute atomic E-state index is 11.3. The van der Waals surface area contributed by atoms with Crippen molar-refractivity contribution in [3.63, 3.8) is 0 Å². The summed E-state index contributed by atoms with van der Waals surface area (Å²) in [7, 11) is 1.26. The molecule has 2 aromatic heterocycles. The molecule has 0 spiro atoms. The van der Waals surface area contributed by atoms with Gasteiger partial charge in [0.25, 0.3) is 0 Å². The number of ether oxygens (including phenoxy) is 1. The Morgan fingerprint density at radius 2 is 2.17 bits per heavy atom. The van der Waals surface area contributed by atoms with Gasteiger partial charge < -0.3 is 10.5 Å². The third-order valence-electron chi connectivity index (χ3n) is 2.43. The van der Waals surface area contributed by atoms with Crippen LogP contribution in [0.15, 0.2) is 24.5 Å². The number of rotatable bonds is 2. The van der Waals surface area contributed by atoms with Crippen LogP contribution < -0.4 is 5.73 Å². The van der Waals surface area contributed by atoms with Crippen molar-refractivity contribution in [2.75, 3.05) is 12.8 Å². The van der Waals surface area contributed by atoms with Gasteiger partial charge in [0.15, 0.2) is 11.5 Å². The Hall–Kier alpha value is -2.50. The Labute approximate surface area is 104 Å². The molecule has 0 aliphatic heterocycles. The van der Waals surface area contributed by atoms with E-state index in [1.807, 2.05) is 19.1 Å². The molecule has 18 heavy (non-hydrogen) atoms. The number of aryl methyl sites for hydroxylation is 1. The molecule has 2 N–H and O–H groups in total. The zero-order chi connectivity index (χ0) is 13.1. The minimum atomic E-state index is -0.607. The number of anilines is 1. The summed E-state index contributed by atoms with van der Waals surface area (Å²) in [5, 5.41) is 0. The standard InChI is InChI=1S/C12H12N4O2/c1-7-4-3-5-14-9(7)8-6-15-10(11(13)16-8)12(17)18-2/h3-6H,1-2H3,(H2,13,16). The molecule has 2 aromatic rings. The number of carbonyl (C=O) groups is 1. The second kappa shape index (κ2) is 4.79. The number of hydrogen-bond acceptors (Lipinski definition) is 6. The molecule has 0 fully saturated rings. The zero-order valence-corrected chi connectivity index (χ0v) is 10.0. The lowest BCUT2D eigenvalue weighted by molar-refractivity contribution is 0.0595. The summed E-state index contributed by atoms with van der Waals surface area (Å²) in [6.07, 6.45) is 3.12. The molecule has 92 valence electrons. The van der Waals surface area contributed by atoms with Crippen LogP contribution in [0.5, 0.6) is 0 Å². The number of carbonyl (C=O) groups excluding carboxylic acids is 1. The van der Waals surface area contributed by atoms with E-state index in [9.17, 15) is 4.79 Å². The number of hydrogen-bond donors (Lipinski definition) is 1. The van der Waals surface area contributed by atoms with E-state index in [0.717, 1.165) is 5.56 Å². The molecule has 0 aliphatic rings. The first kappa shape index (κ1) is 12.0. The van der Waals surface area contributed by atoms with Gasteiger partial charge in [-0.15, -0.1) is 0 Å². The van der Waals surface area contributed by atoms with Gasteiger partial charge in [-0.25, -0.2) is 14.8 Å². The van der Waals surface area contributed by atoms with Crippen molar-refractivity contribution in [2.45, 2.75) is 6.92 Å². The fraction of sp³-hybridized carbons (Fsp3) is 0.167. The highest BCUT2D eigenvalue weighted by Gasteiger charge is 2.15. The van der Waals surface area contributed by atoms with Crippen LogP contribution in [-0.2, 0) is 4.74 Å². The molecular weight excluding hydrogens is 232 g/mol. The van der Waals surface area contributed by atoms with Gasteiger partial charge in [-0.2, -0.15) is 0 Å². The van der Waals surface area contributed by atoms with Crippen molar-refractivity contribution in [1.29, 1.82) is 0 Å². The van der Waals surface area contributed by atoms with Gasteiger partial charge in [0.1, 0.15) is 5.69 Å². The van der Waals surface area contributed by atoms with Gasteiger partial charge in [-0.05, 0) is 18.6 Å². The molecule has 0 aromatic carbocycles. The van der Waals surface area contributed by atoms with Gasteiger partial charge in [-0.1, -0.05) is 6.07 Å². The molecule has 0 aliphatic carbocycles. The third kappa shape index (κ3) is 2.13. The maximum Gasteiger partial charge on any atom is 0.360 e. The summed E-state index contributed by atoms with van der Waals surface area (Å²) in [6, 6.07) is 3.74. The molecule has 6 nitrogen and oxygen atoms in total. The van der Waals surface area contributed by atoms with Crippen LogP contribution in [0, 0.1) is 6.92 Å². The Balaban J connectivity index is 2.47. The Bertz CT molecular complexity index is 598. The van der Waals surface area contributed by atoms with E-state index in [4.69, 9.17) is 5.73 Å². The average molecular weight is 244 g/mol. The molecule has 2 heterocycles. The molecule has 2 rings (SSSR count). The number of aromatic nitrogens is 3. The number of methoxy groups -OCH3 is 1. The van der Waals surface area contributed by atoms with Crippen LogP contribution >= 0.6 is 0 Å². The van der Waals surface area contributed by atoms with Crippen LogP contribution in [0.1, 0.15) is 16.1 Å². The summed E-state index contributed by atoms with van der Waals surface area (Å²) in [4.78, 5) is 23.6. The van der Waals surface area contributed by atoms with Crippen molar-refractivity contribution in [2.24, 2.45) is 0 Å². The SMILES string of the molecule is COC(=O)c1ncc(-c2ncccc2C)nc1N. The lowest BCUT2D eigenvalue weighted by Crippen LogP contribution is -2.10. The third-order valence-corrected chi connectivity index (χ3v) is 2.43. The summed E-state index contributed by atoms with van der Waals surface area (Å²) >= 11 is 0. The molecular formula is C12H12N4O2. The predicted molar refractivity (Wildman–Crippen MR) is 65.8 cm³/mol. The van der Waals surface area contributed by atoms with Crippen molar-refractivity contribution in [3.05, 3.63) is 35.8 Å². The van der Waals surface area contributed by atoms with Crippen molar-refractivity contribution in [1.82, 2.24) is 15.0 Å². The predicted octanol–water partition coefficient (Wildman–Crippen LogP) is 1.22. The second-order valence-corrected chi connectivity index (χ2v) is 3.65. The summed E-state index contributed by atoms with van der Waals surface area (Å²) in [5.41, 5.74) is 7.86. The largest absolute Gasteiger partial charge is 0.464 e. The normalized spacial score (nSPS) is 10.1. The lowest BCUT2D eigenvalue weighted by atomic mass is 10.2. The molecule has 0 saturated heterocycles. The average Bonchev–Trinajstić information content (AvgIpc) is 2.38. The van der Waals surface area contributed by atoms with Crippen LogP contribution in [-0.4, -0.2) is 28.0 Å². The van der Waals surface area contributed by atoms with E-state index >= 15 is 0 Å². The minimum absolute atomic E-state index is 0.00911. The highest BCUT2D eigenvalue weighted by atomic mass is 16.5.